The molecule has 1 atom stereocenters. The van der Waals surface area contributed by atoms with E-state index in [1.165, 1.54) is 0 Å². The molecule has 0 radical (unpaired) electrons. The van der Waals surface area contributed by atoms with Gasteiger partial charge in [0, 0.05) is 24.0 Å². The van der Waals surface area contributed by atoms with E-state index in [0.717, 1.165) is 32.3 Å². The normalized spacial score (nSPS) is 11.8. The summed E-state index contributed by atoms with van der Waals surface area (Å²) >= 11 is 3.54. The molecule has 5 heteroatoms. The molecule has 3 rings (SSSR count). The Morgan fingerprint density at radius 2 is 1.51 bits per heavy atom. The second kappa shape index (κ2) is 12.7. The summed E-state index contributed by atoms with van der Waals surface area (Å²) in [7, 11) is 0. The number of carbonyl (C=O) groups is 2. The number of hydrogen-bond donors (Lipinski definition) is 1. The Hall–Kier alpha value is -2.92. The summed E-state index contributed by atoms with van der Waals surface area (Å²) in [5, 5.41) is 3.07. The molecule has 0 spiro atoms. The molecule has 35 heavy (non-hydrogen) atoms. The molecule has 0 heterocycles. The first-order valence-electron chi connectivity index (χ1n) is 12.1. The van der Waals surface area contributed by atoms with Gasteiger partial charge in [0.25, 0.3) is 0 Å². The lowest BCUT2D eigenvalue weighted by Gasteiger charge is -2.32. The molecule has 0 saturated carbocycles. The number of hydrogen-bond acceptors (Lipinski definition) is 2. The van der Waals surface area contributed by atoms with Crippen molar-refractivity contribution in [3.05, 3.63) is 105 Å². The zero-order valence-electron chi connectivity index (χ0n) is 21.1. The first kappa shape index (κ1) is 26.7. The van der Waals surface area contributed by atoms with Crippen molar-refractivity contribution < 1.29 is 9.59 Å². The van der Waals surface area contributed by atoms with Gasteiger partial charge < -0.3 is 10.2 Å². The smallest absolute Gasteiger partial charge is 0.243 e. The summed E-state index contributed by atoms with van der Waals surface area (Å²) in [4.78, 5) is 29.1. The van der Waals surface area contributed by atoms with Gasteiger partial charge in [0.1, 0.15) is 6.04 Å². The van der Waals surface area contributed by atoms with Crippen LogP contribution in [0.3, 0.4) is 0 Å². The zero-order chi connectivity index (χ0) is 25.4. The number of rotatable bonds is 10. The van der Waals surface area contributed by atoms with Crippen LogP contribution in [-0.2, 0) is 29.0 Å². The van der Waals surface area contributed by atoms with Crippen molar-refractivity contribution in [3.8, 4) is 0 Å². The minimum absolute atomic E-state index is 0.0596. The largest absolute Gasteiger partial charge is 0.354 e. The number of carbonyl (C=O) groups excluding carboxylic acids is 2. The van der Waals surface area contributed by atoms with E-state index in [1.807, 2.05) is 80.6 Å². The van der Waals surface area contributed by atoms with Crippen molar-refractivity contribution in [2.75, 3.05) is 6.54 Å². The molecule has 3 aromatic carbocycles. The monoisotopic (exact) mass is 534 g/mol. The van der Waals surface area contributed by atoms with Crippen molar-refractivity contribution in [2.45, 2.75) is 53.1 Å². The van der Waals surface area contributed by atoms with Crippen LogP contribution in [0.25, 0.3) is 0 Å². The molecule has 0 aliphatic rings. The average molecular weight is 536 g/mol. The molecule has 0 saturated heterocycles. The minimum Gasteiger partial charge on any atom is -0.354 e. The van der Waals surface area contributed by atoms with Crippen molar-refractivity contribution in [2.24, 2.45) is 5.92 Å². The molecule has 3 aromatic rings. The predicted molar refractivity (Wildman–Crippen MR) is 146 cm³/mol. The molecule has 1 N–H and O–H groups in total. The van der Waals surface area contributed by atoms with E-state index < -0.39 is 6.04 Å². The highest BCUT2D eigenvalue weighted by Crippen LogP contribution is 2.20. The summed E-state index contributed by atoms with van der Waals surface area (Å²) in [5.74, 6) is 0.141. The Morgan fingerprint density at radius 3 is 2.14 bits per heavy atom. The van der Waals surface area contributed by atoms with E-state index in [2.05, 4.69) is 41.2 Å². The molecule has 1 unspecified atom stereocenters. The molecule has 4 nitrogen and oxygen atoms in total. The molecule has 0 aliphatic carbocycles. The highest BCUT2D eigenvalue weighted by atomic mass is 79.9. The van der Waals surface area contributed by atoms with Crippen molar-refractivity contribution in [1.29, 1.82) is 0 Å². The first-order valence-corrected chi connectivity index (χ1v) is 12.9. The summed E-state index contributed by atoms with van der Waals surface area (Å²) in [6.07, 6.45) is 0.705. The second-order valence-electron chi connectivity index (χ2n) is 9.67. The lowest BCUT2D eigenvalue weighted by Crippen LogP contribution is -2.51. The quantitative estimate of drug-likeness (QED) is 0.345. The summed E-state index contributed by atoms with van der Waals surface area (Å²) in [6, 6.07) is 23.4. The number of amides is 2. The molecule has 2 amide bonds. The Bertz CT molecular complexity index is 1120. The standard InChI is InChI=1S/C30H35BrN2O2/c1-21(2)19-32-30(35)28(17-24-9-6-5-7-10-24)33(20-25-11-8-12-27(31)16-25)29(34)18-26-14-22(3)13-23(4)15-26/h5-16,21,28H,17-20H2,1-4H3,(H,32,35). The van der Waals surface area contributed by atoms with Gasteiger partial charge in [-0.3, -0.25) is 9.59 Å². The Morgan fingerprint density at radius 1 is 0.857 bits per heavy atom. The summed E-state index contributed by atoms with van der Waals surface area (Å²) in [6.45, 7) is 9.14. The van der Waals surface area contributed by atoms with Crippen LogP contribution in [0.1, 0.15) is 41.7 Å². The van der Waals surface area contributed by atoms with E-state index in [4.69, 9.17) is 0 Å². The van der Waals surface area contributed by atoms with Crippen LogP contribution in [0.4, 0.5) is 0 Å². The van der Waals surface area contributed by atoms with Gasteiger partial charge in [0.05, 0.1) is 6.42 Å². The van der Waals surface area contributed by atoms with Gasteiger partial charge in [-0.2, -0.15) is 0 Å². The van der Waals surface area contributed by atoms with Gasteiger partial charge in [0.2, 0.25) is 11.8 Å². The molecule has 184 valence electrons. The van der Waals surface area contributed by atoms with Crippen LogP contribution in [-0.4, -0.2) is 29.3 Å². The lowest BCUT2D eigenvalue weighted by molar-refractivity contribution is -0.140. The molecule has 0 bridgehead atoms. The van der Waals surface area contributed by atoms with Crippen LogP contribution >= 0.6 is 15.9 Å². The Labute approximate surface area is 217 Å². The van der Waals surface area contributed by atoms with Gasteiger partial charge in [-0.15, -0.1) is 0 Å². The third kappa shape index (κ3) is 8.36. The first-order chi connectivity index (χ1) is 16.7. The van der Waals surface area contributed by atoms with Crippen LogP contribution in [0, 0.1) is 19.8 Å². The molecule has 0 fully saturated rings. The van der Waals surface area contributed by atoms with Crippen molar-refractivity contribution in [1.82, 2.24) is 10.2 Å². The van der Waals surface area contributed by atoms with Gasteiger partial charge in [-0.1, -0.05) is 102 Å². The van der Waals surface area contributed by atoms with Crippen LogP contribution in [0.15, 0.2) is 77.3 Å². The van der Waals surface area contributed by atoms with Gasteiger partial charge in [-0.05, 0) is 48.6 Å². The Balaban J connectivity index is 1.97. The maximum atomic E-state index is 13.8. The van der Waals surface area contributed by atoms with E-state index >= 15 is 0 Å². The van der Waals surface area contributed by atoms with Crippen LogP contribution in [0.5, 0.6) is 0 Å². The fourth-order valence-corrected chi connectivity index (χ4v) is 4.70. The average Bonchev–Trinajstić information content (AvgIpc) is 2.79. The third-order valence-electron chi connectivity index (χ3n) is 5.83. The van der Waals surface area contributed by atoms with E-state index in [1.54, 1.807) is 4.90 Å². The zero-order valence-corrected chi connectivity index (χ0v) is 22.6. The number of aryl methyl sites for hydroxylation is 2. The van der Waals surface area contributed by atoms with Crippen LogP contribution in [0.2, 0.25) is 0 Å². The van der Waals surface area contributed by atoms with Crippen molar-refractivity contribution in [3.63, 3.8) is 0 Å². The maximum absolute atomic E-state index is 13.8. The SMILES string of the molecule is Cc1cc(C)cc(CC(=O)N(Cc2cccc(Br)c2)C(Cc2ccccc2)C(=O)NCC(C)C)c1. The summed E-state index contributed by atoms with van der Waals surface area (Å²) in [5.41, 5.74) is 5.22. The second-order valence-corrected chi connectivity index (χ2v) is 10.6. The van der Waals surface area contributed by atoms with E-state index in [0.29, 0.717) is 25.4 Å². The topological polar surface area (TPSA) is 49.4 Å². The lowest BCUT2D eigenvalue weighted by atomic mass is 10.00. The van der Waals surface area contributed by atoms with Gasteiger partial charge >= 0.3 is 0 Å². The number of nitrogens with one attached hydrogen (secondary N) is 1. The fraction of sp³-hybridized carbons (Fsp3) is 0.333. The number of benzene rings is 3. The highest BCUT2D eigenvalue weighted by Gasteiger charge is 2.30. The summed E-state index contributed by atoms with van der Waals surface area (Å²) < 4.78 is 0.945. The number of nitrogens with zero attached hydrogens (tertiary/aromatic N) is 1. The van der Waals surface area contributed by atoms with Gasteiger partial charge in [-0.25, -0.2) is 0 Å². The molecule has 0 aliphatic heterocycles. The van der Waals surface area contributed by atoms with Gasteiger partial charge in [0.15, 0.2) is 0 Å². The molecule has 0 aromatic heterocycles. The predicted octanol–water partition coefficient (Wildman–Crippen LogP) is 6.02. The maximum Gasteiger partial charge on any atom is 0.243 e. The number of halogens is 1. The van der Waals surface area contributed by atoms with Crippen LogP contribution < -0.4 is 5.32 Å². The molecular weight excluding hydrogens is 500 g/mol. The Kier molecular flexibility index (Phi) is 9.67. The molecular formula is C30H35BrN2O2. The highest BCUT2D eigenvalue weighted by molar-refractivity contribution is 9.10. The van der Waals surface area contributed by atoms with E-state index in [-0.39, 0.29) is 18.2 Å². The third-order valence-corrected chi connectivity index (χ3v) is 6.33. The minimum atomic E-state index is -0.617. The van der Waals surface area contributed by atoms with E-state index in [9.17, 15) is 9.59 Å². The van der Waals surface area contributed by atoms with Crippen molar-refractivity contribution >= 4 is 27.7 Å². The fourth-order valence-electron chi connectivity index (χ4n) is 4.26.